The van der Waals surface area contributed by atoms with Gasteiger partial charge in [0.1, 0.15) is 57.4 Å². The topological polar surface area (TPSA) is 172 Å². The summed E-state index contributed by atoms with van der Waals surface area (Å²) in [6.45, 7) is 0. The Balaban J connectivity index is 1.89. The molecule has 172 valence electrons. The smallest absolute Gasteiger partial charge is 0.177 e. The summed E-state index contributed by atoms with van der Waals surface area (Å²) in [5.74, 6) is 0. The zero-order valence-electron chi connectivity index (χ0n) is 19.2. The van der Waals surface area contributed by atoms with Crippen molar-refractivity contribution in [3.05, 3.63) is 83.4 Å². The molecule has 0 atom stereocenters. The van der Waals surface area contributed by atoms with Crippen molar-refractivity contribution < 1.29 is 0 Å². The monoisotopic (exact) mass is 486 g/mol. The van der Waals surface area contributed by atoms with Crippen LogP contribution in [0, 0.1) is 45.3 Å². The summed E-state index contributed by atoms with van der Waals surface area (Å²) in [6.07, 6.45) is 0. The van der Waals surface area contributed by atoms with Crippen LogP contribution >= 0.6 is 0 Å². The van der Waals surface area contributed by atoms with Gasteiger partial charge in [0.25, 0.3) is 0 Å². The summed E-state index contributed by atoms with van der Waals surface area (Å²) in [5, 5.41) is 38.4. The molecule has 6 rings (SSSR count). The standard InChI is InChI=1S/C28H10N10/c29-11-17-19(13-31)35-25-23(33-17)24-26(36-20(14-32)18(12-30)34-24)28-27(25)37-21(15-7-3-1-4-8-15)22(38-28)16-9-5-2-6-10-16/h1-10H. The molecule has 0 aliphatic carbocycles. The highest BCUT2D eigenvalue weighted by Crippen LogP contribution is 2.36. The SMILES string of the molecule is N#Cc1nc2c3nc(C#N)c(C#N)nc3c3nc(-c4ccccc4)c(-c4ccccc4)nc3c2nc1C#N. The Kier molecular flexibility index (Phi) is 5.06. The second kappa shape index (κ2) is 8.70. The Morgan fingerprint density at radius 2 is 0.632 bits per heavy atom. The molecule has 0 fully saturated rings. The van der Waals surface area contributed by atoms with Crippen LogP contribution in [0.4, 0.5) is 0 Å². The van der Waals surface area contributed by atoms with Gasteiger partial charge in [0.05, 0.1) is 11.4 Å². The second-order valence-electron chi connectivity index (χ2n) is 8.03. The quantitative estimate of drug-likeness (QED) is 0.320. The fourth-order valence-corrected chi connectivity index (χ4v) is 4.20. The molecule has 0 aliphatic rings. The summed E-state index contributed by atoms with van der Waals surface area (Å²) in [7, 11) is 0. The molecule has 6 aromatic rings. The van der Waals surface area contributed by atoms with Gasteiger partial charge in [-0.3, -0.25) is 0 Å². The van der Waals surface area contributed by atoms with Crippen molar-refractivity contribution in [1.82, 2.24) is 29.9 Å². The van der Waals surface area contributed by atoms with E-state index in [4.69, 9.17) is 9.97 Å². The van der Waals surface area contributed by atoms with Crippen molar-refractivity contribution in [2.45, 2.75) is 0 Å². The average Bonchev–Trinajstić information content (AvgIpc) is 2.99. The predicted octanol–water partition coefficient (Wildman–Crippen LogP) is 4.34. The molecule has 0 spiro atoms. The van der Waals surface area contributed by atoms with E-state index in [-0.39, 0.29) is 55.9 Å². The van der Waals surface area contributed by atoms with Gasteiger partial charge in [0.15, 0.2) is 22.8 Å². The highest BCUT2D eigenvalue weighted by atomic mass is 14.9. The van der Waals surface area contributed by atoms with Crippen molar-refractivity contribution in [2.24, 2.45) is 0 Å². The highest BCUT2D eigenvalue weighted by molar-refractivity contribution is 6.19. The van der Waals surface area contributed by atoms with Gasteiger partial charge >= 0.3 is 0 Å². The lowest BCUT2D eigenvalue weighted by molar-refractivity contribution is 1.17. The molecule has 0 unspecified atom stereocenters. The molecule has 10 nitrogen and oxygen atoms in total. The first kappa shape index (κ1) is 22.1. The van der Waals surface area contributed by atoms with Crippen LogP contribution in [-0.2, 0) is 0 Å². The normalized spacial score (nSPS) is 10.5. The molecule has 3 aromatic heterocycles. The Labute approximate surface area is 214 Å². The lowest BCUT2D eigenvalue weighted by Gasteiger charge is -2.13. The number of nitriles is 4. The van der Waals surface area contributed by atoms with E-state index >= 15 is 0 Å². The first-order chi connectivity index (χ1) is 18.7. The van der Waals surface area contributed by atoms with Crippen molar-refractivity contribution in [1.29, 1.82) is 21.0 Å². The number of nitrogens with zero attached hydrogens (tertiary/aromatic N) is 10. The second-order valence-corrected chi connectivity index (χ2v) is 8.03. The van der Waals surface area contributed by atoms with E-state index in [0.29, 0.717) is 11.4 Å². The molecule has 3 heterocycles. The van der Waals surface area contributed by atoms with Gasteiger partial charge < -0.3 is 0 Å². The summed E-state index contributed by atoms with van der Waals surface area (Å²) in [4.78, 5) is 27.4. The zero-order chi connectivity index (χ0) is 26.2. The van der Waals surface area contributed by atoms with Gasteiger partial charge in [-0.2, -0.15) is 21.0 Å². The molecule has 0 radical (unpaired) electrons. The van der Waals surface area contributed by atoms with Crippen LogP contribution in [0.3, 0.4) is 0 Å². The highest BCUT2D eigenvalue weighted by Gasteiger charge is 2.23. The van der Waals surface area contributed by atoms with E-state index in [1.54, 1.807) is 0 Å². The van der Waals surface area contributed by atoms with Gasteiger partial charge in [-0.15, -0.1) is 0 Å². The maximum Gasteiger partial charge on any atom is 0.177 e. The molecular weight excluding hydrogens is 476 g/mol. The maximum atomic E-state index is 9.62. The van der Waals surface area contributed by atoms with Crippen molar-refractivity contribution >= 4 is 33.1 Å². The van der Waals surface area contributed by atoms with E-state index in [2.05, 4.69) is 19.9 Å². The molecule has 0 saturated heterocycles. The van der Waals surface area contributed by atoms with E-state index in [1.807, 2.05) is 84.9 Å². The van der Waals surface area contributed by atoms with Gasteiger partial charge in [0, 0.05) is 11.1 Å². The molecule has 10 heteroatoms. The van der Waals surface area contributed by atoms with Crippen LogP contribution in [0.25, 0.3) is 55.6 Å². The predicted molar refractivity (Wildman–Crippen MR) is 135 cm³/mol. The lowest BCUT2D eigenvalue weighted by atomic mass is 10.0. The van der Waals surface area contributed by atoms with E-state index in [0.717, 1.165) is 11.1 Å². The Bertz CT molecular complexity index is 1960. The van der Waals surface area contributed by atoms with E-state index in [1.165, 1.54) is 0 Å². The number of aromatic nitrogens is 6. The Hall–Kier alpha value is -6.36. The van der Waals surface area contributed by atoms with Crippen LogP contribution in [0.1, 0.15) is 22.8 Å². The van der Waals surface area contributed by atoms with Crippen molar-refractivity contribution in [3.8, 4) is 46.8 Å². The fraction of sp³-hybridized carbons (Fsp3) is 0. The van der Waals surface area contributed by atoms with Crippen molar-refractivity contribution in [3.63, 3.8) is 0 Å². The van der Waals surface area contributed by atoms with E-state index < -0.39 is 0 Å². The van der Waals surface area contributed by atoms with Crippen LogP contribution in [0.15, 0.2) is 60.7 Å². The Morgan fingerprint density at radius 1 is 0.368 bits per heavy atom. The van der Waals surface area contributed by atoms with Gasteiger partial charge in [-0.05, 0) is 0 Å². The van der Waals surface area contributed by atoms with Gasteiger partial charge in [0.2, 0.25) is 0 Å². The van der Waals surface area contributed by atoms with Crippen LogP contribution in [0.5, 0.6) is 0 Å². The first-order valence-electron chi connectivity index (χ1n) is 11.1. The van der Waals surface area contributed by atoms with Crippen molar-refractivity contribution in [2.75, 3.05) is 0 Å². The molecule has 3 aromatic carbocycles. The molecule has 0 amide bonds. The Morgan fingerprint density at radius 3 is 0.895 bits per heavy atom. The van der Waals surface area contributed by atoms with Crippen LogP contribution in [-0.4, -0.2) is 29.9 Å². The molecule has 0 bridgehead atoms. The average molecular weight is 486 g/mol. The minimum absolute atomic E-state index is 0.123. The number of benzene rings is 3. The summed E-state index contributed by atoms with van der Waals surface area (Å²) in [6, 6.07) is 26.5. The summed E-state index contributed by atoms with van der Waals surface area (Å²) in [5.41, 5.74) is 3.04. The minimum Gasteiger partial charge on any atom is -0.241 e. The molecule has 0 saturated carbocycles. The van der Waals surface area contributed by atoms with Crippen LogP contribution < -0.4 is 0 Å². The number of hydrogen-bond acceptors (Lipinski definition) is 10. The number of fused-ring (bicyclic) bond motifs is 6. The summed E-state index contributed by atoms with van der Waals surface area (Å²) >= 11 is 0. The minimum atomic E-state index is -0.206. The number of hydrogen-bond donors (Lipinski definition) is 0. The summed E-state index contributed by atoms with van der Waals surface area (Å²) < 4.78 is 0. The third kappa shape index (κ3) is 3.31. The molecular formula is C28H10N10. The largest absolute Gasteiger partial charge is 0.241 e. The fourth-order valence-electron chi connectivity index (χ4n) is 4.20. The third-order valence-corrected chi connectivity index (χ3v) is 5.88. The molecule has 0 N–H and O–H groups in total. The molecule has 0 aliphatic heterocycles. The van der Waals surface area contributed by atoms with E-state index in [9.17, 15) is 21.0 Å². The van der Waals surface area contributed by atoms with Gasteiger partial charge in [-0.1, -0.05) is 60.7 Å². The lowest BCUT2D eigenvalue weighted by Crippen LogP contribution is -2.05. The first-order valence-corrected chi connectivity index (χ1v) is 11.1. The van der Waals surface area contributed by atoms with Gasteiger partial charge in [-0.25, -0.2) is 29.9 Å². The zero-order valence-corrected chi connectivity index (χ0v) is 19.2. The van der Waals surface area contributed by atoms with Crippen LogP contribution in [0.2, 0.25) is 0 Å². The third-order valence-electron chi connectivity index (χ3n) is 5.88. The maximum absolute atomic E-state index is 9.62. The molecule has 38 heavy (non-hydrogen) atoms. The number of rotatable bonds is 2.